The zero-order valence-electron chi connectivity index (χ0n) is 4.87. The maximum absolute atomic E-state index is 9.44. The van der Waals surface area contributed by atoms with E-state index in [4.69, 9.17) is 0 Å². The van der Waals surface area contributed by atoms with Crippen LogP contribution in [0.25, 0.3) is 0 Å². The number of nitrogens with two attached hydrogens (primary N) is 2. The van der Waals surface area contributed by atoms with E-state index in [1.165, 1.54) is 0 Å². The van der Waals surface area contributed by atoms with E-state index in [9.17, 15) is 9.59 Å². The molecule has 0 aliphatic heterocycles. The maximum Gasteiger partial charge on any atom is 0.289 e. The van der Waals surface area contributed by atoms with Crippen LogP contribution in [0, 0.1) is 0 Å². The number of hydrogen-bond acceptors (Lipinski definition) is 4. The van der Waals surface area contributed by atoms with Gasteiger partial charge < -0.3 is 0 Å². The number of carbonyl (C=O) groups excluding carboxylic acids is 2. The summed E-state index contributed by atoms with van der Waals surface area (Å²) in [6.45, 7) is 0. The average Bonchev–Trinajstić information content (AvgIpc) is 1.89. The Morgan fingerprint density at radius 1 is 1.00 bits per heavy atom. The number of carbonyl (C=O) groups is 2. The van der Waals surface area contributed by atoms with E-state index in [0.29, 0.717) is 0 Å². The van der Waals surface area contributed by atoms with Crippen LogP contribution in [0.5, 0.6) is 0 Å². The first-order valence-corrected chi connectivity index (χ1v) is 2.83. The Labute approximate surface area is 75.8 Å². The lowest BCUT2D eigenvalue weighted by Gasteiger charge is -1.79. The number of thiol groups is 2. The summed E-state index contributed by atoms with van der Waals surface area (Å²) < 4.78 is 0. The first kappa shape index (κ1) is 16.9. The van der Waals surface area contributed by atoms with Crippen LogP contribution in [0.4, 0.5) is 9.59 Å². The van der Waals surface area contributed by atoms with E-state index in [0.717, 1.165) is 0 Å². The largest absolute Gasteiger partial charge is 0.289 e. The molecule has 0 heterocycles. The minimum absolute atomic E-state index is 0. The van der Waals surface area contributed by atoms with Gasteiger partial charge in [-0.3, -0.25) is 20.4 Å². The molecule has 68 valence electrons. The summed E-state index contributed by atoms with van der Waals surface area (Å²) in [5, 5.41) is -1.05. The van der Waals surface area contributed by atoms with Crippen molar-refractivity contribution in [2.24, 2.45) is 11.7 Å². The normalized spacial score (nSPS) is 6.18. The molecule has 0 saturated heterocycles. The van der Waals surface area contributed by atoms with Gasteiger partial charge in [0.05, 0.1) is 0 Å². The predicted molar refractivity (Wildman–Crippen MR) is 50.1 cm³/mol. The van der Waals surface area contributed by atoms with Crippen LogP contribution in [0.2, 0.25) is 0 Å². The molecule has 11 heavy (non-hydrogen) atoms. The molecule has 0 aliphatic carbocycles. The molecule has 0 spiro atoms. The van der Waals surface area contributed by atoms with Crippen LogP contribution in [-0.2, 0) is 0 Å². The van der Waals surface area contributed by atoms with Gasteiger partial charge in [-0.15, -0.1) is 0 Å². The van der Waals surface area contributed by atoms with Crippen LogP contribution >= 0.6 is 25.3 Å². The molecule has 0 aromatic rings. The van der Waals surface area contributed by atoms with Crippen molar-refractivity contribution < 1.29 is 9.59 Å². The van der Waals surface area contributed by atoms with Crippen molar-refractivity contribution in [3.05, 3.63) is 0 Å². The summed E-state index contributed by atoms with van der Waals surface area (Å²) in [4.78, 5) is 18.9. The maximum atomic E-state index is 9.44. The van der Waals surface area contributed by atoms with Crippen LogP contribution < -0.4 is 22.5 Å². The zero-order valence-corrected chi connectivity index (χ0v) is 6.65. The van der Waals surface area contributed by atoms with Crippen LogP contribution in [-0.4, -0.2) is 10.5 Å². The van der Waals surface area contributed by atoms with Gasteiger partial charge in [-0.25, -0.2) is 11.7 Å². The fourth-order valence-electron chi connectivity index (χ4n) is 0. The lowest BCUT2D eigenvalue weighted by atomic mass is 11.4. The van der Waals surface area contributed by atoms with Gasteiger partial charge in [0.2, 0.25) is 0 Å². The van der Waals surface area contributed by atoms with E-state index in [-0.39, 0.29) is 7.43 Å². The minimum Gasteiger partial charge on any atom is -0.285 e. The Balaban J connectivity index is -0.000000107. The highest BCUT2D eigenvalue weighted by molar-refractivity contribution is 7.96. The molecule has 8 heteroatoms. The number of rotatable bonds is 0. The molecule has 0 aromatic heterocycles. The van der Waals surface area contributed by atoms with Gasteiger partial charge >= 0.3 is 0 Å². The van der Waals surface area contributed by atoms with Gasteiger partial charge in [-0.05, 0) is 0 Å². The van der Waals surface area contributed by atoms with Crippen molar-refractivity contribution >= 4 is 35.7 Å². The molecule has 0 bridgehead atoms. The highest BCUT2D eigenvalue weighted by atomic mass is 32.1. The monoisotopic (exact) mass is 200 g/mol. The molecular formula is C3H12N4O2S2. The average molecular weight is 200 g/mol. The minimum atomic E-state index is -0.523. The van der Waals surface area contributed by atoms with Crippen molar-refractivity contribution in [1.82, 2.24) is 10.9 Å². The molecule has 0 aliphatic rings. The SMILES string of the molecule is C.NNC(=O)S.NNC(=O)S. The van der Waals surface area contributed by atoms with Crippen molar-refractivity contribution in [1.29, 1.82) is 0 Å². The summed E-state index contributed by atoms with van der Waals surface area (Å²) in [6.07, 6.45) is 0. The molecule has 0 saturated carbocycles. The Hall–Kier alpha value is -0.440. The van der Waals surface area contributed by atoms with Crippen molar-refractivity contribution in [3.8, 4) is 0 Å². The van der Waals surface area contributed by atoms with Crippen molar-refractivity contribution in [3.63, 3.8) is 0 Å². The summed E-state index contributed by atoms with van der Waals surface area (Å²) in [6, 6.07) is 0. The van der Waals surface area contributed by atoms with Crippen molar-refractivity contribution in [2.45, 2.75) is 7.43 Å². The molecule has 0 unspecified atom stereocenters. The summed E-state index contributed by atoms with van der Waals surface area (Å²) in [5.74, 6) is 8.99. The molecule has 0 atom stereocenters. The smallest absolute Gasteiger partial charge is 0.285 e. The molecule has 2 amide bonds. The van der Waals surface area contributed by atoms with E-state index in [1.807, 2.05) is 0 Å². The first-order valence-electron chi connectivity index (χ1n) is 1.93. The Morgan fingerprint density at radius 3 is 1.09 bits per heavy atom. The van der Waals surface area contributed by atoms with Gasteiger partial charge in [0.25, 0.3) is 10.5 Å². The summed E-state index contributed by atoms with van der Waals surface area (Å²) in [5.41, 5.74) is 3.51. The van der Waals surface area contributed by atoms with Gasteiger partial charge in [-0.2, -0.15) is 0 Å². The van der Waals surface area contributed by atoms with E-state index >= 15 is 0 Å². The molecule has 0 aromatic carbocycles. The quantitative estimate of drug-likeness (QED) is 0.139. The third-order valence-electron chi connectivity index (χ3n) is 0.247. The highest BCUT2D eigenvalue weighted by Gasteiger charge is 1.75. The van der Waals surface area contributed by atoms with Gasteiger partial charge in [0.15, 0.2) is 0 Å². The predicted octanol–water partition coefficient (Wildman–Crippen LogP) is -0.365. The third-order valence-corrected chi connectivity index (χ3v) is 0.505. The van der Waals surface area contributed by atoms with Crippen LogP contribution in [0.15, 0.2) is 0 Å². The molecule has 6 N–H and O–H groups in total. The molecule has 0 radical (unpaired) electrons. The lowest BCUT2D eigenvalue weighted by Crippen LogP contribution is -2.23. The summed E-state index contributed by atoms with van der Waals surface area (Å²) >= 11 is 6.45. The third kappa shape index (κ3) is 43.1. The molecule has 6 nitrogen and oxygen atoms in total. The van der Waals surface area contributed by atoms with Crippen LogP contribution in [0.3, 0.4) is 0 Å². The highest BCUT2D eigenvalue weighted by Crippen LogP contribution is 1.66. The summed E-state index contributed by atoms with van der Waals surface area (Å²) in [7, 11) is 0. The molecule has 0 rings (SSSR count). The standard InChI is InChI=1S/2CH4N2OS.CH4/c2*2-3-1(4)5;/h2*2H2,(H2,3,4,5);1H4. The Kier molecular flexibility index (Phi) is 18.8. The fraction of sp³-hybridized carbons (Fsp3) is 0.333. The number of hydrogen-bond donors (Lipinski definition) is 6. The van der Waals surface area contributed by atoms with E-state index in [2.05, 4.69) is 36.9 Å². The van der Waals surface area contributed by atoms with E-state index in [1.54, 1.807) is 10.9 Å². The topological polar surface area (TPSA) is 110 Å². The molecular weight excluding hydrogens is 188 g/mol. The fourth-order valence-corrected chi connectivity index (χ4v) is 0. The second-order valence-corrected chi connectivity index (χ2v) is 1.71. The molecule has 0 fully saturated rings. The lowest BCUT2D eigenvalue weighted by molar-refractivity contribution is 0.260. The van der Waals surface area contributed by atoms with Gasteiger partial charge in [0.1, 0.15) is 0 Å². The van der Waals surface area contributed by atoms with Gasteiger partial charge in [-0.1, -0.05) is 32.7 Å². The van der Waals surface area contributed by atoms with Gasteiger partial charge in [0, 0.05) is 0 Å². The number of amides is 2. The number of hydrazine groups is 2. The Bertz CT molecular complexity index is 106. The zero-order chi connectivity index (χ0) is 8.57. The second kappa shape index (κ2) is 12.3. The Morgan fingerprint density at radius 2 is 1.09 bits per heavy atom. The van der Waals surface area contributed by atoms with E-state index < -0.39 is 10.5 Å². The second-order valence-electron chi connectivity index (χ2n) is 0.899. The van der Waals surface area contributed by atoms with Crippen molar-refractivity contribution in [2.75, 3.05) is 0 Å². The first-order chi connectivity index (χ1) is 4.54. The van der Waals surface area contributed by atoms with Crippen LogP contribution in [0.1, 0.15) is 7.43 Å². The number of nitrogens with one attached hydrogen (secondary N) is 2.